The molecular formula is C18H21ClN2O3. The third-order valence-electron chi connectivity index (χ3n) is 3.17. The highest BCUT2D eigenvalue weighted by Gasteiger charge is 2.08. The smallest absolute Gasteiger partial charge is 0.319 e. The van der Waals surface area contributed by atoms with Gasteiger partial charge < -0.3 is 20.1 Å². The Hall–Kier alpha value is -2.40. The molecule has 0 fully saturated rings. The van der Waals surface area contributed by atoms with Gasteiger partial charge in [0, 0.05) is 23.3 Å². The number of amides is 2. The lowest BCUT2D eigenvalue weighted by atomic mass is 10.2. The molecule has 0 bridgehead atoms. The fourth-order valence-electron chi connectivity index (χ4n) is 2.09. The van der Waals surface area contributed by atoms with Crippen molar-refractivity contribution in [2.75, 3.05) is 18.5 Å². The van der Waals surface area contributed by atoms with Crippen molar-refractivity contribution in [1.82, 2.24) is 5.32 Å². The van der Waals surface area contributed by atoms with Crippen LogP contribution >= 0.6 is 11.6 Å². The van der Waals surface area contributed by atoms with Crippen LogP contribution in [0.1, 0.15) is 19.4 Å². The summed E-state index contributed by atoms with van der Waals surface area (Å²) in [6, 6.07) is 12.3. The van der Waals surface area contributed by atoms with E-state index in [4.69, 9.17) is 21.1 Å². The first-order valence-electron chi connectivity index (χ1n) is 7.81. The van der Waals surface area contributed by atoms with Gasteiger partial charge in [0.05, 0.1) is 13.2 Å². The van der Waals surface area contributed by atoms with Gasteiger partial charge in [-0.15, -0.1) is 0 Å². The maximum Gasteiger partial charge on any atom is 0.319 e. The Morgan fingerprint density at radius 1 is 1.00 bits per heavy atom. The predicted octanol–water partition coefficient (Wildman–Crippen LogP) is 4.46. The van der Waals surface area contributed by atoms with Gasteiger partial charge in [0.15, 0.2) is 11.5 Å². The molecule has 0 saturated carbocycles. The highest BCUT2D eigenvalue weighted by atomic mass is 35.5. The molecule has 0 radical (unpaired) electrons. The molecule has 2 aromatic carbocycles. The standard InChI is InChI=1S/C18H21ClN2O3/c1-3-23-16-10-9-15(11-17(16)24-4-2)21-18(22)20-12-13-5-7-14(19)8-6-13/h5-11H,3-4,12H2,1-2H3,(H2,20,21,22). The molecule has 0 aliphatic heterocycles. The average Bonchev–Trinajstić information content (AvgIpc) is 2.57. The van der Waals surface area contributed by atoms with Crippen molar-refractivity contribution in [2.24, 2.45) is 0 Å². The molecule has 128 valence electrons. The fraction of sp³-hybridized carbons (Fsp3) is 0.278. The lowest BCUT2D eigenvalue weighted by molar-refractivity contribution is 0.251. The van der Waals surface area contributed by atoms with Gasteiger partial charge in [0.2, 0.25) is 0 Å². The zero-order valence-corrected chi connectivity index (χ0v) is 14.5. The summed E-state index contributed by atoms with van der Waals surface area (Å²) in [5.41, 5.74) is 1.60. The third-order valence-corrected chi connectivity index (χ3v) is 3.42. The summed E-state index contributed by atoms with van der Waals surface area (Å²) in [5.74, 6) is 1.27. The highest BCUT2D eigenvalue weighted by Crippen LogP contribution is 2.30. The normalized spacial score (nSPS) is 10.1. The molecule has 24 heavy (non-hydrogen) atoms. The van der Waals surface area contributed by atoms with E-state index in [9.17, 15) is 4.79 Å². The molecule has 2 N–H and O–H groups in total. The number of anilines is 1. The van der Waals surface area contributed by atoms with Crippen LogP contribution in [0, 0.1) is 0 Å². The van der Waals surface area contributed by atoms with Crippen molar-refractivity contribution in [2.45, 2.75) is 20.4 Å². The van der Waals surface area contributed by atoms with Crippen molar-refractivity contribution < 1.29 is 14.3 Å². The molecule has 0 unspecified atom stereocenters. The van der Waals surface area contributed by atoms with Gasteiger partial charge >= 0.3 is 6.03 Å². The minimum absolute atomic E-state index is 0.295. The van der Waals surface area contributed by atoms with Gasteiger partial charge in [-0.2, -0.15) is 0 Å². The molecule has 0 saturated heterocycles. The molecule has 2 aromatic rings. The first-order chi connectivity index (χ1) is 11.6. The molecule has 0 spiro atoms. The van der Waals surface area contributed by atoms with Gasteiger partial charge in [-0.05, 0) is 43.7 Å². The first-order valence-corrected chi connectivity index (χ1v) is 8.19. The number of carbonyl (C=O) groups is 1. The molecule has 0 heterocycles. The van der Waals surface area contributed by atoms with Crippen LogP contribution in [0.3, 0.4) is 0 Å². The number of benzene rings is 2. The maximum absolute atomic E-state index is 12.0. The predicted molar refractivity (Wildman–Crippen MR) is 96.1 cm³/mol. The van der Waals surface area contributed by atoms with Crippen LogP contribution in [-0.2, 0) is 6.54 Å². The number of urea groups is 1. The van der Waals surface area contributed by atoms with Gasteiger partial charge in [0.25, 0.3) is 0 Å². The zero-order chi connectivity index (χ0) is 17.4. The molecule has 2 rings (SSSR count). The van der Waals surface area contributed by atoms with Crippen LogP contribution in [-0.4, -0.2) is 19.2 Å². The van der Waals surface area contributed by atoms with E-state index in [1.54, 1.807) is 30.3 Å². The second-order valence-corrected chi connectivity index (χ2v) is 5.40. The van der Waals surface area contributed by atoms with Crippen LogP contribution in [0.15, 0.2) is 42.5 Å². The second-order valence-electron chi connectivity index (χ2n) is 4.96. The molecule has 0 atom stereocenters. The molecule has 0 aliphatic rings. The van der Waals surface area contributed by atoms with E-state index >= 15 is 0 Å². The minimum Gasteiger partial charge on any atom is -0.490 e. The van der Waals surface area contributed by atoms with Crippen LogP contribution in [0.2, 0.25) is 5.02 Å². The van der Waals surface area contributed by atoms with Crippen LogP contribution in [0.4, 0.5) is 10.5 Å². The van der Waals surface area contributed by atoms with Gasteiger partial charge in [-0.3, -0.25) is 0 Å². The summed E-state index contributed by atoms with van der Waals surface area (Å²) >= 11 is 5.84. The van der Waals surface area contributed by atoms with Crippen molar-refractivity contribution in [3.05, 3.63) is 53.1 Å². The summed E-state index contributed by atoms with van der Waals surface area (Å²) < 4.78 is 11.0. The zero-order valence-electron chi connectivity index (χ0n) is 13.8. The summed E-state index contributed by atoms with van der Waals surface area (Å²) in [7, 11) is 0. The first kappa shape index (κ1) is 17.9. The lowest BCUT2D eigenvalue weighted by Crippen LogP contribution is -2.28. The molecule has 5 nitrogen and oxygen atoms in total. The fourth-order valence-corrected chi connectivity index (χ4v) is 2.21. The SMILES string of the molecule is CCOc1ccc(NC(=O)NCc2ccc(Cl)cc2)cc1OCC. The van der Waals surface area contributed by atoms with E-state index in [1.807, 2.05) is 26.0 Å². The van der Waals surface area contributed by atoms with E-state index in [0.717, 1.165) is 5.56 Å². The number of rotatable bonds is 7. The Kier molecular flexibility index (Phi) is 6.75. The second kappa shape index (κ2) is 9.03. The number of halogens is 1. The average molecular weight is 349 g/mol. The highest BCUT2D eigenvalue weighted by molar-refractivity contribution is 6.30. The van der Waals surface area contributed by atoms with E-state index < -0.39 is 0 Å². The van der Waals surface area contributed by atoms with E-state index in [2.05, 4.69) is 10.6 Å². The Morgan fingerprint density at radius 2 is 1.67 bits per heavy atom. The number of carbonyl (C=O) groups excluding carboxylic acids is 1. The van der Waals surface area contributed by atoms with Crippen LogP contribution in [0.25, 0.3) is 0 Å². The largest absolute Gasteiger partial charge is 0.490 e. The van der Waals surface area contributed by atoms with Crippen molar-refractivity contribution >= 4 is 23.3 Å². The Morgan fingerprint density at radius 3 is 2.33 bits per heavy atom. The van der Waals surface area contributed by atoms with E-state index in [-0.39, 0.29) is 6.03 Å². The summed E-state index contributed by atoms with van der Waals surface area (Å²) in [6.07, 6.45) is 0. The molecular weight excluding hydrogens is 328 g/mol. The van der Waals surface area contributed by atoms with Crippen molar-refractivity contribution in [1.29, 1.82) is 0 Å². The third kappa shape index (κ3) is 5.35. The monoisotopic (exact) mass is 348 g/mol. The number of ether oxygens (including phenoxy) is 2. The number of hydrogen-bond donors (Lipinski definition) is 2. The summed E-state index contributed by atoms with van der Waals surface area (Å²) in [6.45, 7) is 5.29. The van der Waals surface area contributed by atoms with Crippen LogP contribution in [0.5, 0.6) is 11.5 Å². The number of nitrogens with one attached hydrogen (secondary N) is 2. The van der Waals surface area contributed by atoms with E-state index in [1.165, 1.54) is 0 Å². The van der Waals surface area contributed by atoms with Crippen LogP contribution < -0.4 is 20.1 Å². The Balaban J connectivity index is 1.95. The topological polar surface area (TPSA) is 59.6 Å². The summed E-state index contributed by atoms with van der Waals surface area (Å²) in [5, 5.41) is 6.24. The van der Waals surface area contributed by atoms with Gasteiger partial charge in [0.1, 0.15) is 0 Å². The Bertz CT molecular complexity index is 674. The molecule has 0 aromatic heterocycles. The summed E-state index contributed by atoms with van der Waals surface area (Å²) in [4.78, 5) is 12.0. The van der Waals surface area contributed by atoms with E-state index in [0.29, 0.717) is 42.0 Å². The lowest BCUT2D eigenvalue weighted by Gasteiger charge is -2.13. The molecule has 0 aliphatic carbocycles. The maximum atomic E-state index is 12.0. The molecule has 6 heteroatoms. The Labute approximate surface area is 146 Å². The molecule has 2 amide bonds. The quantitative estimate of drug-likeness (QED) is 0.776. The van der Waals surface area contributed by atoms with Gasteiger partial charge in [-0.1, -0.05) is 23.7 Å². The van der Waals surface area contributed by atoms with Crippen molar-refractivity contribution in [3.63, 3.8) is 0 Å². The number of hydrogen-bond acceptors (Lipinski definition) is 3. The minimum atomic E-state index is -0.295. The van der Waals surface area contributed by atoms with Crippen molar-refractivity contribution in [3.8, 4) is 11.5 Å². The van der Waals surface area contributed by atoms with Gasteiger partial charge in [-0.25, -0.2) is 4.79 Å².